The second-order valence-corrected chi connectivity index (χ2v) is 6.37. The lowest BCUT2D eigenvalue weighted by atomic mass is 10.0. The van der Waals surface area contributed by atoms with Crippen molar-refractivity contribution in [3.8, 4) is 0 Å². The molecule has 0 radical (unpaired) electrons. The van der Waals surface area contributed by atoms with Gasteiger partial charge < -0.3 is 9.73 Å². The number of imide groups is 1. The molecule has 1 unspecified atom stereocenters. The average Bonchev–Trinajstić information content (AvgIpc) is 2.52. The van der Waals surface area contributed by atoms with Gasteiger partial charge in [0.25, 0.3) is 5.91 Å². The summed E-state index contributed by atoms with van der Waals surface area (Å²) in [5.74, 6) is -1.70. The van der Waals surface area contributed by atoms with E-state index in [2.05, 4.69) is 10.6 Å². The van der Waals surface area contributed by atoms with Gasteiger partial charge >= 0.3 is 5.63 Å². The highest BCUT2D eigenvalue weighted by molar-refractivity contribution is 6.32. The highest BCUT2D eigenvalue weighted by Gasteiger charge is 2.29. The van der Waals surface area contributed by atoms with Crippen LogP contribution >= 0.6 is 11.6 Å². The molecule has 8 heteroatoms. The molecule has 2 heterocycles. The van der Waals surface area contributed by atoms with Crippen LogP contribution in [0.25, 0.3) is 11.0 Å². The molecule has 1 fully saturated rings. The third-order valence-corrected chi connectivity index (χ3v) is 4.63. The number of nitrogens with one attached hydrogen (secondary N) is 2. The Kier molecular flexibility index (Phi) is 4.34. The first-order valence-electron chi connectivity index (χ1n) is 7.66. The van der Waals surface area contributed by atoms with Gasteiger partial charge in [0, 0.05) is 16.8 Å². The van der Waals surface area contributed by atoms with Crippen LogP contribution in [0.3, 0.4) is 0 Å². The van der Waals surface area contributed by atoms with Crippen LogP contribution in [0.1, 0.15) is 34.3 Å². The van der Waals surface area contributed by atoms with Gasteiger partial charge in [-0.25, -0.2) is 4.79 Å². The minimum atomic E-state index is -0.874. The van der Waals surface area contributed by atoms with E-state index in [1.807, 2.05) is 0 Å². The SMILES string of the molecule is Cc1cc2oc(=O)c(C(=O)NC3CCC(=O)NC3=O)c(C)c2cc1Cl. The van der Waals surface area contributed by atoms with E-state index in [1.165, 1.54) is 0 Å². The summed E-state index contributed by atoms with van der Waals surface area (Å²) < 4.78 is 5.23. The van der Waals surface area contributed by atoms with Crippen LogP contribution in [0.4, 0.5) is 0 Å². The first-order valence-corrected chi connectivity index (χ1v) is 8.04. The first-order chi connectivity index (χ1) is 11.8. The Hall–Kier alpha value is -2.67. The molecule has 3 amide bonds. The Bertz CT molecular complexity index is 979. The van der Waals surface area contributed by atoms with Crippen molar-refractivity contribution in [2.45, 2.75) is 32.7 Å². The fourth-order valence-electron chi connectivity index (χ4n) is 2.80. The van der Waals surface area contributed by atoms with E-state index in [1.54, 1.807) is 26.0 Å². The second kappa shape index (κ2) is 6.33. The normalized spacial score (nSPS) is 17.5. The standard InChI is InChI=1S/C17H15ClN2O5/c1-7-5-12-9(6-10(7)18)8(2)14(17(24)25-12)16(23)19-11-3-4-13(21)20-15(11)22/h5-6,11H,3-4H2,1-2H3,(H,19,23)(H,20,21,22). The molecule has 0 saturated carbocycles. The molecule has 2 aromatic rings. The summed E-state index contributed by atoms with van der Waals surface area (Å²) in [6.45, 7) is 3.39. The fourth-order valence-corrected chi connectivity index (χ4v) is 2.96. The van der Waals surface area contributed by atoms with E-state index in [9.17, 15) is 19.2 Å². The number of aryl methyl sites for hydroxylation is 2. The number of piperidine rings is 1. The molecule has 0 bridgehead atoms. The summed E-state index contributed by atoms with van der Waals surface area (Å²) in [6, 6.07) is 2.39. The summed E-state index contributed by atoms with van der Waals surface area (Å²) in [4.78, 5) is 47.7. The van der Waals surface area contributed by atoms with Crippen LogP contribution in [-0.2, 0) is 9.59 Å². The largest absolute Gasteiger partial charge is 0.422 e. The number of halogens is 1. The van der Waals surface area contributed by atoms with Crippen molar-refractivity contribution in [2.24, 2.45) is 0 Å². The Labute approximate surface area is 147 Å². The van der Waals surface area contributed by atoms with Crippen molar-refractivity contribution in [3.05, 3.63) is 44.3 Å². The smallest absolute Gasteiger partial charge is 0.349 e. The van der Waals surface area contributed by atoms with E-state index >= 15 is 0 Å². The molecular formula is C17H15ClN2O5. The number of amides is 3. The number of fused-ring (bicyclic) bond motifs is 1. The molecule has 3 rings (SSSR count). The van der Waals surface area contributed by atoms with E-state index in [0.717, 1.165) is 5.56 Å². The van der Waals surface area contributed by atoms with Gasteiger partial charge in [-0.2, -0.15) is 0 Å². The van der Waals surface area contributed by atoms with E-state index in [4.69, 9.17) is 16.0 Å². The maximum Gasteiger partial charge on any atom is 0.349 e. The van der Waals surface area contributed by atoms with E-state index in [-0.39, 0.29) is 24.3 Å². The van der Waals surface area contributed by atoms with Crippen LogP contribution in [-0.4, -0.2) is 23.8 Å². The zero-order valence-electron chi connectivity index (χ0n) is 13.6. The van der Waals surface area contributed by atoms with E-state index < -0.39 is 23.5 Å². The van der Waals surface area contributed by atoms with Crippen LogP contribution in [0.2, 0.25) is 5.02 Å². The molecule has 0 spiro atoms. The Morgan fingerprint density at radius 1 is 1.28 bits per heavy atom. The molecule has 1 aliphatic rings. The maximum atomic E-state index is 12.5. The van der Waals surface area contributed by atoms with Gasteiger partial charge in [0.2, 0.25) is 11.8 Å². The molecule has 0 aliphatic carbocycles. The molecule has 1 saturated heterocycles. The summed E-state index contributed by atoms with van der Waals surface area (Å²) >= 11 is 6.11. The zero-order chi connectivity index (χ0) is 18.3. The van der Waals surface area contributed by atoms with Crippen molar-refractivity contribution < 1.29 is 18.8 Å². The topological polar surface area (TPSA) is 105 Å². The molecule has 1 aromatic heterocycles. The Balaban J connectivity index is 1.99. The maximum absolute atomic E-state index is 12.5. The van der Waals surface area contributed by atoms with Crippen molar-refractivity contribution in [1.29, 1.82) is 0 Å². The van der Waals surface area contributed by atoms with Gasteiger partial charge in [-0.05, 0) is 43.5 Å². The molecule has 1 aromatic carbocycles. The predicted molar refractivity (Wildman–Crippen MR) is 90.6 cm³/mol. The number of carbonyl (C=O) groups is 3. The summed E-state index contributed by atoms with van der Waals surface area (Å²) in [5, 5.41) is 5.66. The monoisotopic (exact) mass is 362 g/mol. The first kappa shape index (κ1) is 17.2. The zero-order valence-corrected chi connectivity index (χ0v) is 14.3. The average molecular weight is 363 g/mol. The van der Waals surface area contributed by atoms with Crippen molar-refractivity contribution in [2.75, 3.05) is 0 Å². The minimum Gasteiger partial charge on any atom is -0.422 e. The van der Waals surface area contributed by atoms with Crippen molar-refractivity contribution in [3.63, 3.8) is 0 Å². The number of benzene rings is 1. The number of carbonyl (C=O) groups excluding carboxylic acids is 3. The molecule has 130 valence electrons. The third-order valence-electron chi connectivity index (χ3n) is 4.22. The van der Waals surface area contributed by atoms with Crippen LogP contribution in [0.5, 0.6) is 0 Å². The lowest BCUT2D eigenvalue weighted by Gasteiger charge is -2.22. The van der Waals surface area contributed by atoms with Crippen LogP contribution < -0.4 is 16.3 Å². The Morgan fingerprint density at radius 2 is 2.00 bits per heavy atom. The summed E-state index contributed by atoms with van der Waals surface area (Å²) in [6.07, 6.45) is 0.302. The molecule has 7 nitrogen and oxygen atoms in total. The van der Waals surface area contributed by atoms with Gasteiger partial charge in [-0.1, -0.05) is 11.6 Å². The Morgan fingerprint density at radius 3 is 2.68 bits per heavy atom. The lowest BCUT2D eigenvalue weighted by Crippen LogP contribution is -2.52. The number of hydrogen-bond donors (Lipinski definition) is 2. The van der Waals surface area contributed by atoms with Gasteiger partial charge in [0.1, 0.15) is 17.2 Å². The number of rotatable bonds is 2. The quantitative estimate of drug-likeness (QED) is 0.623. The van der Waals surface area contributed by atoms with E-state index in [0.29, 0.717) is 21.6 Å². The van der Waals surface area contributed by atoms with Gasteiger partial charge in [0.05, 0.1) is 0 Å². The molecule has 1 atom stereocenters. The minimum absolute atomic E-state index is 0.122. The summed E-state index contributed by atoms with van der Waals surface area (Å²) in [5.41, 5.74) is 0.519. The number of hydrogen-bond acceptors (Lipinski definition) is 5. The van der Waals surface area contributed by atoms with Gasteiger partial charge in [0.15, 0.2) is 0 Å². The second-order valence-electron chi connectivity index (χ2n) is 5.96. The fraction of sp³-hybridized carbons (Fsp3) is 0.294. The van der Waals surface area contributed by atoms with Crippen molar-refractivity contribution in [1.82, 2.24) is 10.6 Å². The van der Waals surface area contributed by atoms with Crippen LogP contribution in [0, 0.1) is 13.8 Å². The molecule has 2 N–H and O–H groups in total. The highest BCUT2D eigenvalue weighted by Crippen LogP contribution is 2.26. The summed E-state index contributed by atoms with van der Waals surface area (Å²) in [7, 11) is 0. The van der Waals surface area contributed by atoms with Gasteiger partial charge in [-0.15, -0.1) is 0 Å². The molecule has 25 heavy (non-hydrogen) atoms. The lowest BCUT2D eigenvalue weighted by molar-refractivity contribution is -0.134. The third kappa shape index (κ3) is 3.15. The highest BCUT2D eigenvalue weighted by atomic mass is 35.5. The van der Waals surface area contributed by atoms with Gasteiger partial charge in [-0.3, -0.25) is 19.7 Å². The van der Waals surface area contributed by atoms with Crippen molar-refractivity contribution >= 4 is 40.3 Å². The van der Waals surface area contributed by atoms with Crippen LogP contribution in [0.15, 0.2) is 21.3 Å². The molecular weight excluding hydrogens is 348 g/mol. The predicted octanol–water partition coefficient (Wildman–Crippen LogP) is 1.60. The molecule has 1 aliphatic heterocycles.